The van der Waals surface area contributed by atoms with Gasteiger partial charge in [-0.1, -0.05) is 38.8 Å². The van der Waals surface area contributed by atoms with Crippen molar-refractivity contribution in [2.24, 2.45) is 11.8 Å². The van der Waals surface area contributed by atoms with Crippen molar-refractivity contribution in [2.75, 3.05) is 6.54 Å². The van der Waals surface area contributed by atoms with Crippen molar-refractivity contribution in [3.05, 3.63) is 35.6 Å². The highest BCUT2D eigenvalue weighted by Crippen LogP contribution is 2.39. The van der Waals surface area contributed by atoms with Crippen molar-refractivity contribution in [1.29, 1.82) is 0 Å². The number of nitrogens with one attached hydrogen (secondary N) is 1. The van der Waals surface area contributed by atoms with Crippen LogP contribution in [0.1, 0.15) is 44.7 Å². The van der Waals surface area contributed by atoms with E-state index in [2.05, 4.69) is 19.2 Å². The molecular formula is C15H22FN. The Labute approximate surface area is 103 Å². The average molecular weight is 235 g/mol. The van der Waals surface area contributed by atoms with Crippen molar-refractivity contribution in [3.8, 4) is 0 Å². The molecule has 0 amide bonds. The Morgan fingerprint density at radius 1 is 1.29 bits per heavy atom. The lowest BCUT2D eigenvalue weighted by atomic mass is 9.86. The SMILES string of the molecule is CCNC(c1ccc(F)cc1)C1CCCC1C. The van der Waals surface area contributed by atoms with Crippen LogP contribution in [0.4, 0.5) is 4.39 Å². The first-order chi connectivity index (χ1) is 8.22. The van der Waals surface area contributed by atoms with E-state index < -0.39 is 0 Å². The highest BCUT2D eigenvalue weighted by atomic mass is 19.1. The molecule has 1 fully saturated rings. The van der Waals surface area contributed by atoms with Crippen LogP contribution in [0.3, 0.4) is 0 Å². The molecule has 0 aromatic heterocycles. The van der Waals surface area contributed by atoms with E-state index in [1.165, 1.54) is 24.8 Å². The molecule has 1 aromatic carbocycles. The van der Waals surface area contributed by atoms with Crippen molar-refractivity contribution in [2.45, 2.75) is 39.2 Å². The highest BCUT2D eigenvalue weighted by Gasteiger charge is 2.31. The quantitative estimate of drug-likeness (QED) is 0.834. The zero-order valence-electron chi connectivity index (χ0n) is 10.7. The first-order valence-electron chi connectivity index (χ1n) is 6.71. The molecule has 0 spiro atoms. The van der Waals surface area contributed by atoms with Crippen LogP contribution in [0.2, 0.25) is 0 Å². The summed E-state index contributed by atoms with van der Waals surface area (Å²) >= 11 is 0. The van der Waals surface area contributed by atoms with Crippen LogP contribution in [0.15, 0.2) is 24.3 Å². The van der Waals surface area contributed by atoms with Gasteiger partial charge in [0.2, 0.25) is 0 Å². The first-order valence-corrected chi connectivity index (χ1v) is 6.71. The van der Waals surface area contributed by atoms with Crippen LogP contribution >= 0.6 is 0 Å². The number of halogens is 1. The van der Waals surface area contributed by atoms with E-state index in [1.807, 2.05) is 12.1 Å². The Kier molecular flexibility index (Phi) is 4.16. The van der Waals surface area contributed by atoms with Crippen LogP contribution in [0, 0.1) is 17.7 Å². The number of benzene rings is 1. The van der Waals surface area contributed by atoms with Gasteiger partial charge in [0, 0.05) is 6.04 Å². The molecule has 1 aromatic rings. The fourth-order valence-electron chi connectivity index (χ4n) is 3.08. The van der Waals surface area contributed by atoms with Crippen LogP contribution < -0.4 is 5.32 Å². The molecular weight excluding hydrogens is 213 g/mol. The second-order valence-corrected chi connectivity index (χ2v) is 5.16. The predicted molar refractivity (Wildman–Crippen MR) is 69.3 cm³/mol. The molecule has 3 unspecified atom stereocenters. The summed E-state index contributed by atoms with van der Waals surface area (Å²) in [5.74, 6) is 1.31. The monoisotopic (exact) mass is 235 g/mol. The molecule has 0 heterocycles. The minimum Gasteiger partial charge on any atom is -0.310 e. The molecule has 1 aliphatic carbocycles. The molecule has 1 aliphatic rings. The fourth-order valence-corrected chi connectivity index (χ4v) is 3.08. The summed E-state index contributed by atoms with van der Waals surface area (Å²) in [6.45, 7) is 5.44. The molecule has 94 valence electrons. The lowest BCUT2D eigenvalue weighted by Crippen LogP contribution is -2.29. The second kappa shape index (κ2) is 5.63. The van der Waals surface area contributed by atoms with Gasteiger partial charge in [-0.15, -0.1) is 0 Å². The molecule has 3 atom stereocenters. The van der Waals surface area contributed by atoms with Gasteiger partial charge in [0.05, 0.1) is 0 Å². The third kappa shape index (κ3) is 2.86. The lowest BCUT2D eigenvalue weighted by Gasteiger charge is -2.28. The van der Waals surface area contributed by atoms with Crippen LogP contribution in [-0.2, 0) is 0 Å². The zero-order valence-corrected chi connectivity index (χ0v) is 10.7. The van der Waals surface area contributed by atoms with Gasteiger partial charge in [-0.05, 0) is 42.5 Å². The van der Waals surface area contributed by atoms with Crippen molar-refractivity contribution >= 4 is 0 Å². The molecule has 0 aliphatic heterocycles. The fraction of sp³-hybridized carbons (Fsp3) is 0.600. The molecule has 1 N–H and O–H groups in total. The Morgan fingerprint density at radius 2 is 2.00 bits per heavy atom. The van der Waals surface area contributed by atoms with Crippen molar-refractivity contribution < 1.29 is 4.39 Å². The van der Waals surface area contributed by atoms with Crippen molar-refractivity contribution in [3.63, 3.8) is 0 Å². The summed E-state index contributed by atoms with van der Waals surface area (Å²) in [5, 5.41) is 3.57. The summed E-state index contributed by atoms with van der Waals surface area (Å²) in [4.78, 5) is 0. The van der Waals surface area contributed by atoms with Gasteiger partial charge in [-0.25, -0.2) is 4.39 Å². The average Bonchev–Trinajstić information content (AvgIpc) is 2.74. The number of rotatable bonds is 4. The normalized spacial score (nSPS) is 26.1. The van der Waals surface area contributed by atoms with E-state index in [4.69, 9.17) is 0 Å². The van der Waals surface area contributed by atoms with Gasteiger partial charge in [0.25, 0.3) is 0 Å². The maximum atomic E-state index is 13.0. The molecule has 1 saturated carbocycles. The van der Waals surface area contributed by atoms with Crippen LogP contribution in [-0.4, -0.2) is 6.54 Å². The van der Waals surface area contributed by atoms with Gasteiger partial charge >= 0.3 is 0 Å². The Morgan fingerprint density at radius 3 is 2.53 bits per heavy atom. The van der Waals surface area contributed by atoms with E-state index >= 15 is 0 Å². The summed E-state index contributed by atoms with van der Waals surface area (Å²) in [6, 6.07) is 7.37. The summed E-state index contributed by atoms with van der Waals surface area (Å²) in [5.41, 5.74) is 1.23. The Balaban J connectivity index is 2.18. The van der Waals surface area contributed by atoms with Gasteiger partial charge in [0.15, 0.2) is 0 Å². The minimum atomic E-state index is -0.150. The molecule has 0 saturated heterocycles. The third-order valence-electron chi connectivity index (χ3n) is 4.01. The molecule has 17 heavy (non-hydrogen) atoms. The Bertz CT molecular complexity index is 346. The molecule has 2 heteroatoms. The maximum Gasteiger partial charge on any atom is 0.123 e. The number of hydrogen-bond acceptors (Lipinski definition) is 1. The Hall–Kier alpha value is -0.890. The van der Waals surface area contributed by atoms with Crippen molar-refractivity contribution in [1.82, 2.24) is 5.32 Å². The predicted octanol–water partition coefficient (Wildman–Crippen LogP) is 3.91. The molecule has 0 radical (unpaired) electrons. The van der Waals surface area contributed by atoms with Gasteiger partial charge in [-0.2, -0.15) is 0 Å². The van der Waals surface area contributed by atoms with Crippen LogP contribution in [0.5, 0.6) is 0 Å². The lowest BCUT2D eigenvalue weighted by molar-refractivity contribution is 0.305. The van der Waals surface area contributed by atoms with E-state index in [9.17, 15) is 4.39 Å². The topological polar surface area (TPSA) is 12.0 Å². The van der Waals surface area contributed by atoms with E-state index in [1.54, 1.807) is 12.1 Å². The largest absolute Gasteiger partial charge is 0.310 e. The van der Waals surface area contributed by atoms with Gasteiger partial charge in [0.1, 0.15) is 5.82 Å². The van der Waals surface area contributed by atoms with Crippen LogP contribution in [0.25, 0.3) is 0 Å². The number of hydrogen-bond donors (Lipinski definition) is 1. The molecule has 2 rings (SSSR count). The maximum absolute atomic E-state index is 13.0. The van der Waals surface area contributed by atoms with Gasteiger partial charge in [-0.3, -0.25) is 0 Å². The summed E-state index contributed by atoms with van der Waals surface area (Å²) < 4.78 is 13.0. The molecule has 0 bridgehead atoms. The van der Waals surface area contributed by atoms with E-state index in [0.717, 1.165) is 12.5 Å². The summed E-state index contributed by atoms with van der Waals surface area (Å²) in [6.07, 6.45) is 3.94. The van der Waals surface area contributed by atoms with E-state index in [0.29, 0.717) is 12.0 Å². The standard InChI is InChI=1S/C15H22FN/c1-3-17-15(14-6-4-5-11(14)2)12-7-9-13(16)10-8-12/h7-11,14-15,17H,3-6H2,1-2H3. The minimum absolute atomic E-state index is 0.150. The highest BCUT2D eigenvalue weighted by molar-refractivity contribution is 5.21. The first kappa shape index (κ1) is 12.6. The van der Waals surface area contributed by atoms with E-state index in [-0.39, 0.29) is 5.82 Å². The van der Waals surface area contributed by atoms with Gasteiger partial charge < -0.3 is 5.32 Å². The molecule has 1 nitrogen and oxygen atoms in total. The zero-order chi connectivity index (χ0) is 12.3. The summed E-state index contributed by atoms with van der Waals surface area (Å²) in [7, 11) is 0. The smallest absolute Gasteiger partial charge is 0.123 e. The third-order valence-corrected chi connectivity index (χ3v) is 4.01. The second-order valence-electron chi connectivity index (χ2n) is 5.16.